The maximum atomic E-state index is 13.2. The Morgan fingerprint density at radius 1 is 1.04 bits per heavy atom. The van der Waals surface area contributed by atoms with Gasteiger partial charge in [0.1, 0.15) is 5.52 Å². The van der Waals surface area contributed by atoms with Crippen molar-refractivity contribution >= 4 is 28.9 Å². The van der Waals surface area contributed by atoms with E-state index in [0.29, 0.717) is 49.3 Å². The minimum absolute atomic E-state index is 0.134. The second kappa shape index (κ2) is 18.4. The highest BCUT2D eigenvalue weighted by Gasteiger charge is 2.19. The van der Waals surface area contributed by atoms with Gasteiger partial charge in [0.2, 0.25) is 5.91 Å². The maximum absolute atomic E-state index is 13.2. The lowest BCUT2D eigenvalue weighted by Crippen LogP contribution is -2.38. The number of aryl methyl sites for hydroxylation is 1. The Morgan fingerprint density at radius 3 is 2.54 bits per heavy atom. The molecule has 3 aromatic rings. The van der Waals surface area contributed by atoms with E-state index < -0.39 is 0 Å². The van der Waals surface area contributed by atoms with Crippen LogP contribution in [0.15, 0.2) is 29.1 Å². The number of esters is 1. The first-order valence-electron chi connectivity index (χ1n) is 16.5. The molecule has 13 heteroatoms. The van der Waals surface area contributed by atoms with Crippen LogP contribution in [-0.2, 0) is 27.4 Å². The van der Waals surface area contributed by atoms with Crippen LogP contribution in [0.1, 0.15) is 74.7 Å². The lowest BCUT2D eigenvalue weighted by Gasteiger charge is -2.28. The number of anilines is 1. The summed E-state index contributed by atoms with van der Waals surface area (Å²) in [5.41, 5.74) is 2.02. The van der Waals surface area contributed by atoms with Crippen molar-refractivity contribution in [3.63, 3.8) is 0 Å². The smallest absolute Gasteiger partial charge is 0.337 e. The number of hydrogen-bond acceptors (Lipinski definition) is 10. The van der Waals surface area contributed by atoms with Gasteiger partial charge < -0.3 is 24.5 Å². The number of ether oxygens (including phenoxy) is 3. The van der Waals surface area contributed by atoms with E-state index in [0.717, 1.165) is 83.6 Å². The van der Waals surface area contributed by atoms with Gasteiger partial charge in [-0.2, -0.15) is 9.97 Å². The fourth-order valence-electron chi connectivity index (χ4n) is 5.45. The predicted molar refractivity (Wildman–Crippen MR) is 176 cm³/mol. The van der Waals surface area contributed by atoms with Gasteiger partial charge >= 0.3 is 17.7 Å². The van der Waals surface area contributed by atoms with E-state index in [1.54, 1.807) is 10.6 Å². The van der Waals surface area contributed by atoms with Gasteiger partial charge in [0.05, 0.1) is 32.5 Å². The van der Waals surface area contributed by atoms with Crippen molar-refractivity contribution in [2.45, 2.75) is 71.9 Å². The number of aromatic nitrogens is 4. The number of nitrogens with zero attached hydrogens (tertiary/aromatic N) is 5. The molecule has 0 radical (unpaired) electrons. The van der Waals surface area contributed by atoms with Crippen LogP contribution < -0.4 is 15.7 Å². The molecule has 3 heterocycles. The van der Waals surface area contributed by atoms with Crippen molar-refractivity contribution in [2.75, 3.05) is 65.0 Å². The van der Waals surface area contributed by atoms with E-state index in [4.69, 9.17) is 14.2 Å². The van der Waals surface area contributed by atoms with Crippen LogP contribution >= 0.6 is 0 Å². The molecule has 0 saturated carbocycles. The van der Waals surface area contributed by atoms with E-state index in [-0.39, 0.29) is 29.4 Å². The van der Waals surface area contributed by atoms with E-state index >= 15 is 0 Å². The summed E-state index contributed by atoms with van der Waals surface area (Å²) in [4.78, 5) is 54.5. The van der Waals surface area contributed by atoms with Gasteiger partial charge in [-0.15, -0.1) is 0 Å². The number of amides is 1. The summed E-state index contributed by atoms with van der Waals surface area (Å²) in [6.07, 6.45) is 5.46. The van der Waals surface area contributed by atoms with Crippen LogP contribution in [0.2, 0.25) is 0 Å². The van der Waals surface area contributed by atoms with Crippen molar-refractivity contribution in [3.8, 4) is 6.01 Å². The molecule has 0 bridgehead atoms. The fraction of sp³-hybridized carbons (Fsp3) is 0.606. The quantitative estimate of drug-likeness (QED) is 0.147. The van der Waals surface area contributed by atoms with Crippen molar-refractivity contribution < 1.29 is 23.8 Å². The zero-order chi connectivity index (χ0) is 32.7. The largest absolute Gasteiger partial charge is 0.465 e. The van der Waals surface area contributed by atoms with Crippen LogP contribution in [0, 0.1) is 0 Å². The van der Waals surface area contributed by atoms with Crippen LogP contribution in [0.5, 0.6) is 6.01 Å². The minimum Gasteiger partial charge on any atom is -0.465 e. The number of carbonyl (C=O) groups excluding carboxylic acids is 2. The predicted octanol–water partition coefficient (Wildman–Crippen LogP) is 3.83. The zero-order valence-corrected chi connectivity index (χ0v) is 27.5. The van der Waals surface area contributed by atoms with Gasteiger partial charge in [0.25, 0.3) is 0 Å². The Labute approximate surface area is 270 Å². The van der Waals surface area contributed by atoms with E-state index in [1.807, 2.05) is 25.1 Å². The van der Waals surface area contributed by atoms with Crippen molar-refractivity contribution in [3.05, 3.63) is 45.9 Å². The average molecular weight is 640 g/mol. The number of carbonyl (C=O) groups is 2. The molecule has 1 fully saturated rings. The van der Waals surface area contributed by atoms with Gasteiger partial charge in [-0.3, -0.25) is 19.2 Å². The van der Waals surface area contributed by atoms with Crippen molar-refractivity contribution in [2.24, 2.45) is 0 Å². The first-order valence-corrected chi connectivity index (χ1v) is 16.5. The van der Waals surface area contributed by atoms with E-state index in [1.165, 1.54) is 7.11 Å². The number of morpholine rings is 1. The third-order valence-electron chi connectivity index (χ3n) is 8.01. The molecule has 13 nitrogen and oxygen atoms in total. The van der Waals surface area contributed by atoms with Gasteiger partial charge in [-0.1, -0.05) is 38.8 Å². The molecule has 0 unspecified atom stereocenters. The number of nitrogens with one attached hydrogen (secondary N) is 2. The number of H-pyrrole nitrogens is 1. The molecule has 252 valence electrons. The molecule has 4 rings (SSSR count). The average Bonchev–Trinajstić information content (AvgIpc) is 3.38. The Balaban J connectivity index is 1.50. The molecule has 1 amide bonds. The van der Waals surface area contributed by atoms with Gasteiger partial charge in [-0.25, -0.2) is 9.59 Å². The van der Waals surface area contributed by atoms with E-state index in [9.17, 15) is 14.4 Å². The van der Waals surface area contributed by atoms with Gasteiger partial charge in [0, 0.05) is 39.1 Å². The zero-order valence-electron chi connectivity index (χ0n) is 27.5. The summed E-state index contributed by atoms with van der Waals surface area (Å²) >= 11 is 0. The maximum Gasteiger partial charge on any atom is 0.337 e. The van der Waals surface area contributed by atoms with E-state index in [2.05, 4.69) is 37.0 Å². The molecule has 2 aromatic heterocycles. The highest BCUT2D eigenvalue weighted by molar-refractivity contribution is 5.97. The molecule has 1 aliphatic heterocycles. The number of benzene rings is 1. The Hall–Kier alpha value is -3.81. The number of rotatable bonds is 19. The van der Waals surface area contributed by atoms with Crippen molar-refractivity contribution in [1.29, 1.82) is 0 Å². The molecule has 46 heavy (non-hydrogen) atoms. The number of methoxy groups -OCH3 is 1. The van der Waals surface area contributed by atoms with Gasteiger partial charge in [-0.05, 0) is 56.5 Å². The third kappa shape index (κ3) is 10.4. The molecule has 1 aliphatic rings. The normalized spacial score (nSPS) is 13.7. The molecular weight excluding hydrogens is 590 g/mol. The second-order valence-electron chi connectivity index (χ2n) is 11.6. The fourth-order valence-corrected chi connectivity index (χ4v) is 5.45. The Morgan fingerprint density at radius 2 is 1.80 bits per heavy atom. The first-order chi connectivity index (χ1) is 22.4. The number of fused-ring (bicyclic) bond motifs is 1. The van der Waals surface area contributed by atoms with Crippen molar-refractivity contribution in [1.82, 2.24) is 29.3 Å². The molecule has 0 atom stereocenters. The highest BCUT2D eigenvalue weighted by Crippen LogP contribution is 2.22. The first kappa shape index (κ1) is 35.1. The number of aromatic amines is 1. The number of unbranched alkanes of at least 4 members (excludes halogenated alkanes) is 2. The molecule has 1 saturated heterocycles. The van der Waals surface area contributed by atoms with Crippen LogP contribution in [0.4, 0.5) is 5.82 Å². The Bertz CT molecular complexity index is 1470. The third-order valence-corrected chi connectivity index (χ3v) is 8.01. The standard InChI is InChI=1S/C33H49N7O6/c1-4-6-13-27(41)34-29-28-30(37-32(36-29)46-20-7-5-2)40(33(43)35-28)17-10-16-39(15-9-14-38-18-21-45-22-19-38)24-25-11-8-12-26(23-25)31(42)44-3/h8,11-12,23H,4-7,9-10,13-22,24H2,1-3H3,(H,35,43)(H,34,36,37,41). The highest BCUT2D eigenvalue weighted by atomic mass is 16.5. The molecule has 2 N–H and O–H groups in total. The molecule has 0 aliphatic carbocycles. The monoisotopic (exact) mass is 639 g/mol. The number of hydrogen-bond donors (Lipinski definition) is 2. The summed E-state index contributed by atoms with van der Waals surface area (Å²) in [6, 6.07) is 7.65. The molecular formula is C33H49N7O6. The summed E-state index contributed by atoms with van der Waals surface area (Å²) in [5.74, 6) is -0.275. The topological polar surface area (TPSA) is 144 Å². The van der Waals surface area contributed by atoms with Crippen LogP contribution in [0.25, 0.3) is 11.2 Å². The summed E-state index contributed by atoms with van der Waals surface area (Å²) in [5, 5.41) is 2.85. The number of imidazole rings is 1. The lowest BCUT2D eigenvalue weighted by atomic mass is 10.1. The van der Waals surface area contributed by atoms with Crippen LogP contribution in [-0.4, -0.2) is 101 Å². The summed E-state index contributed by atoms with van der Waals surface area (Å²) in [6.45, 7) is 11.6. The van der Waals surface area contributed by atoms with Crippen LogP contribution in [0.3, 0.4) is 0 Å². The lowest BCUT2D eigenvalue weighted by molar-refractivity contribution is -0.116. The summed E-state index contributed by atoms with van der Waals surface area (Å²) < 4.78 is 17.8. The van der Waals surface area contributed by atoms with Gasteiger partial charge in [0.15, 0.2) is 11.5 Å². The second-order valence-corrected chi connectivity index (χ2v) is 11.6. The SMILES string of the molecule is CCCCOc1nc(NC(=O)CCCC)c2[nH]c(=O)n(CCCN(CCCN3CCOCC3)Cc3cccc(C(=O)OC)c3)c2n1. The molecule has 1 aromatic carbocycles. The summed E-state index contributed by atoms with van der Waals surface area (Å²) in [7, 11) is 1.38. The molecule has 0 spiro atoms. The minimum atomic E-state index is -0.361. The Kier molecular flexibility index (Phi) is 14.0.